The normalized spacial score (nSPS) is 15.8. The summed E-state index contributed by atoms with van der Waals surface area (Å²) in [6.45, 7) is 1.54. The van der Waals surface area contributed by atoms with E-state index in [1.807, 2.05) is 0 Å². The van der Waals surface area contributed by atoms with E-state index in [0.29, 0.717) is 25.2 Å². The van der Waals surface area contributed by atoms with Gasteiger partial charge in [-0.25, -0.2) is 13.1 Å². The van der Waals surface area contributed by atoms with Gasteiger partial charge in [0, 0.05) is 32.0 Å². The van der Waals surface area contributed by atoms with Crippen LogP contribution in [0.5, 0.6) is 0 Å². The zero-order chi connectivity index (χ0) is 18.6. The highest BCUT2D eigenvalue weighted by Crippen LogP contribution is 2.22. The van der Waals surface area contributed by atoms with Crippen LogP contribution in [0, 0.1) is 5.92 Å². The summed E-state index contributed by atoms with van der Waals surface area (Å²) in [5, 5.41) is 0.205. The topological polar surface area (TPSA) is 79.4 Å². The number of amides is 1. The second-order valence-electron chi connectivity index (χ2n) is 6.26. The van der Waals surface area contributed by atoms with Crippen molar-refractivity contribution in [3.63, 3.8) is 0 Å². The number of nitrogens with zero attached hydrogens (tertiary/aromatic N) is 2. The number of aromatic nitrogens is 1. The molecule has 1 N–H and O–H groups in total. The number of pyridine rings is 1. The third-order valence-electron chi connectivity index (χ3n) is 4.50. The summed E-state index contributed by atoms with van der Waals surface area (Å²) in [5.41, 5.74) is 0.574. The zero-order valence-electron chi connectivity index (χ0n) is 14.1. The summed E-state index contributed by atoms with van der Waals surface area (Å²) < 4.78 is 27.4. The first-order valence-electron chi connectivity index (χ1n) is 8.41. The van der Waals surface area contributed by atoms with Crippen LogP contribution in [0.1, 0.15) is 23.2 Å². The highest BCUT2D eigenvalue weighted by Gasteiger charge is 2.25. The lowest BCUT2D eigenvalue weighted by atomic mass is 9.97. The van der Waals surface area contributed by atoms with Crippen molar-refractivity contribution in [2.24, 2.45) is 5.92 Å². The van der Waals surface area contributed by atoms with Crippen LogP contribution in [0.25, 0.3) is 0 Å². The average molecular weight is 394 g/mol. The molecule has 0 unspecified atom stereocenters. The lowest BCUT2D eigenvalue weighted by molar-refractivity contribution is 0.0691. The van der Waals surface area contributed by atoms with Gasteiger partial charge in [0.25, 0.3) is 5.91 Å². The van der Waals surface area contributed by atoms with Gasteiger partial charge in [-0.3, -0.25) is 9.78 Å². The Labute approximate surface area is 158 Å². The molecule has 0 bridgehead atoms. The third kappa shape index (κ3) is 4.41. The monoisotopic (exact) mass is 393 g/mol. The molecular formula is C18H20ClN3O3S. The minimum absolute atomic E-state index is 0.0341. The number of likely N-dealkylation sites (tertiary alicyclic amines) is 1. The molecule has 1 saturated heterocycles. The van der Waals surface area contributed by atoms with Gasteiger partial charge in [-0.2, -0.15) is 0 Å². The molecule has 8 heteroatoms. The van der Waals surface area contributed by atoms with Gasteiger partial charge in [-0.1, -0.05) is 23.7 Å². The molecule has 26 heavy (non-hydrogen) atoms. The van der Waals surface area contributed by atoms with Crippen LogP contribution in [0.2, 0.25) is 5.02 Å². The molecule has 1 fully saturated rings. The lowest BCUT2D eigenvalue weighted by Gasteiger charge is -2.32. The largest absolute Gasteiger partial charge is 0.339 e. The van der Waals surface area contributed by atoms with E-state index in [2.05, 4.69) is 9.71 Å². The Morgan fingerprint density at radius 2 is 1.92 bits per heavy atom. The quantitative estimate of drug-likeness (QED) is 0.846. The fraction of sp³-hybridized carbons (Fsp3) is 0.333. The molecule has 0 spiro atoms. The Morgan fingerprint density at radius 1 is 1.19 bits per heavy atom. The van der Waals surface area contributed by atoms with Gasteiger partial charge in [0.15, 0.2) is 0 Å². The van der Waals surface area contributed by atoms with Gasteiger partial charge in [0.1, 0.15) is 4.90 Å². The van der Waals surface area contributed by atoms with E-state index < -0.39 is 10.0 Å². The summed E-state index contributed by atoms with van der Waals surface area (Å²) >= 11 is 5.97. The van der Waals surface area contributed by atoms with Crippen molar-refractivity contribution in [1.29, 1.82) is 0 Å². The predicted molar refractivity (Wildman–Crippen MR) is 99.5 cm³/mol. The molecule has 0 saturated carbocycles. The van der Waals surface area contributed by atoms with E-state index in [1.165, 1.54) is 6.07 Å². The summed E-state index contributed by atoms with van der Waals surface area (Å²) in [6, 6.07) is 9.86. The van der Waals surface area contributed by atoms with E-state index in [9.17, 15) is 13.2 Å². The molecular weight excluding hydrogens is 374 g/mol. The van der Waals surface area contributed by atoms with Gasteiger partial charge in [-0.05, 0) is 43.0 Å². The highest BCUT2D eigenvalue weighted by molar-refractivity contribution is 7.89. The lowest BCUT2D eigenvalue weighted by Crippen LogP contribution is -2.41. The number of hydrogen-bond acceptors (Lipinski definition) is 4. The molecule has 2 heterocycles. The number of carbonyl (C=O) groups excluding carboxylic acids is 1. The average Bonchev–Trinajstić information content (AvgIpc) is 2.67. The van der Waals surface area contributed by atoms with E-state index in [4.69, 9.17) is 11.6 Å². The Hall–Kier alpha value is -1.96. The van der Waals surface area contributed by atoms with Crippen LogP contribution >= 0.6 is 11.6 Å². The molecule has 6 nitrogen and oxygen atoms in total. The molecule has 0 radical (unpaired) electrons. The van der Waals surface area contributed by atoms with Crippen LogP contribution in [0.4, 0.5) is 0 Å². The fourth-order valence-electron chi connectivity index (χ4n) is 2.98. The van der Waals surface area contributed by atoms with Gasteiger partial charge in [0.05, 0.1) is 10.6 Å². The van der Waals surface area contributed by atoms with Crippen LogP contribution in [0.15, 0.2) is 53.7 Å². The molecule has 138 valence electrons. The number of sulfonamides is 1. The molecule has 1 aromatic carbocycles. The molecule has 3 rings (SSSR count). The maximum Gasteiger partial charge on any atom is 0.255 e. The van der Waals surface area contributed by atoms with Gasteiger partial charge in [-0.15, -0.1) is 0 Å². The minimum atomic E-state index is -3.63. The number of benzene rings is 1. The van der Waals surface area contributed by atoms with E-state index in [-0.39, 0.29) is 21.7 Å². The number of hydrogen-bond donors (Lipinski definition) is 1. The number of piperidine rings is 1. The van der Waals surface area contributed by atoms with Crippen LogP contribution in [-0.4, -0.2) is 43.8 Å². The van der Waals surface area contributed by atoms with Crippen LogP contribution in [0.3, 0.4) is 0 Å². The maximum atomic E-state index is 12.4. The Kier molecular flexibility index (Phi) is 5.90. The van der Waals surface area contributed by atoms with Crippen molar-refractivity contribution in [1.82, 2.24) is 14.6 Å². The Balaban J connectivity index is 1.53. The molecule has 0 atom stereocenters. The summed E-state index contributed by atoms with van der Waals surface area (Å²) in [7, 11) is -3.63. The second-order valence-corrected chi connectivity index (χ2v) is 8.40. The molecule has 0 aliphatic carbocycles. The van der Waals surface area contributed by atoms with Gasteiger partial charge < -0.3 is 4.90 Å². The third-order valence-corrected chi connectivity index (χ3v) is 6.42. The van der Waals surface area contributed by atoms with Crippen molar-refractivity contribution < 1.29 is 13.2 Å². The molecule has 1 aliphatic rings. The molecule has 1 amide bonds. The van der Waals surface area contributed by atoms with Crippen molar-refractivity contribution in [3.05, 3.63) is 59.4 Å². The Bertz CT molecular complexity index is 866. The summed E-state index contributed by atoms with van der Waals surface area (Å²) in [4.78, 5) is 18.3. The maximum absolute atomic E-state index is 12.4. The number of nitrogens with one attached hydrogen (secondary N) is 1. The second kappa shape index (κ2) is 8.16. The van der Waals surface area contributed by atoms with Crippen molar-refractivity contribution >= 4 is 27.5 Å². The van der Waals surface area contributed by atoms with Gasteiger partial charge in [0.2, 0.25) is 10.0 Å². The number of rotatable bonds is 5. The van der Waals surface area contributed by atoms with Crippen molar-refractivity contribution in [2.45, 2.75) is 17.7 Å². The van der Waals surface area contributed by atoms with Crippen molar-refractivity contribution in [2.75, 3.05) is 19.6 Å². The number of halogens is 1. The molecule has 1 aliphatic heterocycles. The predicted octanol–water partition coefficient (Wildman–Crippen LogP) is 2.57. The first-order valence-corrected chi connectivity index (χ1v) is 10.3. The number of carbonyl (C=O) groups is 1. The smallest absolute Gasteiger partial charge is 0.255 e. The first kappa shape index (κ1) is 18.8. The van der Waals surface area contributed by atoms with E-state index in [0.717, 1.165) is 12.8 Å². The minimum Gasteiger partial charge on any atom is -0.339 e. The SMILES string of the molecule is O=C(c1cccnc1)N1CCC(CNS(=O)(=O)c2ccccc2Cl)CC1. The molecule has 2 aromatic rings. The van der Waals surface area contributed by atoms with E-state index in [1.54, 1.807) is 47.6 Å². The zero-order valence-corrected chi connectivity index (χ0v) is 15.7. The standard InChI is InChI=1S/C18H20ClN3O3S/c19-16-5-1-2-6-17(16)26(24,25)21-12-14-7-10-22(11-8-14)18(23)15-4-3-9-20-13-15/h1-6,9,13-14,21H,7-8,10-12H2. The first-order chi connectivity index (χ1) is 12.5. The van der Waals surface area contributed by atoms with Gasteiger partial charge >= 0.3 is 0 Å². The fourth-order valence-corrected chi connectivity index (χ4v) is 4.61. The van der Waals surface area contributed by atoms with Crippen LogP contribution in [-0.2, 0) is 10.0 Å². The van der Waals surface area contributed by atoms with Crippen molar-refractivity contribution in [3.8, 4) is 0 Å². The van der Waals surface area contributed by atoms with Crippen LogP contribution < -0.4 is 4.72 Å². The highest BCUT2D eigenvalue weighted by atomic mass is 35.5. The summed E-state index contributed by atoms with van der Waals surface area (Å²) in [5.74, 6) is 0.151. The van der Waals surface area contributed by atoms with E-state index >= 15 is 0 Å². The molecule has 1 aromatic heterocycles. The Morgan fingerprint density at radius 3 is 2.58 bits per heavy atom. The summed E-state index contributed by atoms with van der Waals surface area (Å²) in [6.07, 6.45) is 4.69.